The van der Waals surface area contributed by atoms with E-state index in [1.807, 2.05) is 0 Å². The zero-order chi connectivity index (χ0) is 24.0. The molecule has 1 unspecified atom stereocenters. The summed E-state index contributed by atoms with van der Waals surface area (Å²) in [5, 5.41) is 0. The lowest BCUT2D eigenvalue weighted by Gasteiger charge is -2.34. The molecule has 0 radical (unpaired) electrons. The molecule has 1 atom stereocenters. The summed E-state index contributed by atoms with van der Waals surface area (Å²) >= 11 is 0. The first-order valence-corrected chi connectivity index (χ1v) is 11.6. The molecule has 0 spiro atoms. The largest absolute Gasteiger partial charge is 0.342 e. The van der Waals surface area contributed by atoms with Crippen molar-refractivity contribution < 1.29 is 23.6 Å². The van der Waals surface area contributed by atoms with Crippen molar-refractivity contribution in [3.63, 3.8) is 0 Å². The van der Waals surface area contributed by atoms with Crippen LogP contribution in [-0.2, 0) is 9.59 Å². The Morgan fingerprint density at radius 2 is 1.65 bits per heavy atom. The predicted molar refractivity (Wildman–Crippen MR) is 123 cm³/mol. The zero-order valence-electron chi connectivity index (χ0n) is 19.0. The lowest BCUT2D eigenvalue weighted by atomic mass is 9.95. The Morgan fingerprint density at radius 3 is 2.26 bits per heavy atom. The van der Waals surface area contributed by atoms with Gasteiger partial charge in [0.05, 0.1) is 17.0 Å². The van der Waals surface area contributed by atoms with E-state index in [2.05, 4.69) is 0 Å². The van der Waals surface area contributed by atoms with Gasteiger partial charge in [-0.15, -0.1) is 0 Å². The third-order valence-corrected chi connectivity index (χ3v) is 7.19. The summed E-state index contributed by atoms with van der Waals surface area (Å²) < 4.78 is 14.0. The standard InChI is InChI=1S/C26H26FN3O4/c1-16-6-7-19(13-22(16)27)29-15-18(12-23(29)31)24(32)28-10-8-17(9-11-28)14-30-25(33)20-4-2-3-5-21(20)26(30)34/h2-7,13,17-18H,8-12,14-15H2,1H3. The van der Waals surface area contributed by atoms with Gasteiger partial charge in [-0.25, -0.2) is 4.39 Å². The molecule has 2 aromatic carbocycles. The molecular formula is C26H26FN3O4. The van der Waals surface area contributed by atoms with Gasteiger partial charge in [0.2, 0.25) is 11.8 Å². The van der Waals surface area contributed by atoms with Gasteiger partial charge in [-0.3, -0.25) is 24.1 Å². The Balaban J connectivity index is 1.17. The van der Waals surface area contributed by atoms with E-state index in [0.29, 0.717) is 54.9 Å². The Hall–Kier alpha value is -3.55. The highest BCUT2D eigenvalue weighted by Crippen LogP contribution is 2.30. The average Bonchev–Trinajstić information content (AvgIpc) is 3.34. The van der Waals surface area contributed by atoms with E-state index >= 15 is 0 Å². The molecule has 3 aliphatic rings. The maximum Gasteiger partial charge on any atom is 0.261 e. The van der Waals surface area contributed by atoms with Crippen molar-refractivity contribution in [1.82, 2.24) is 9.80 Å². The number of imide groups is 1. The molecule has 5 rings (SSSR count). The highest BCUT2D eigenvalue weighted by Gasteiger charge is 2.40. The van der Waals surface area contributed by atoms with Crippen molar-refractivity contribution >= 4 is 29.3 Å². The van der Waals surface area contributed by atoms with Crippen LogP contribution in [0.2, 0.25) is 0 Å². The fourth-order valence-corrected chi connectivity index (χ4v) is 5.13. The molecule has 3 heterocycles. The SMILES string of the molecule is Cc1ccc(N2CC(C(=O)N3CCC(CN4C(=O)c5ccccc5C4=O)CC3)CC2=O)cc1F. The quantitative estimate of drug-likeness (QED) is 0.653. The number of hydrogen-bond donors (Lipinski definition) is 0. The molecule has 3 aliphatic heterocycles. The summed E-state index contributed by atoms with van der Waals surface area (Å²) in [6.45, 7) is 3.31. The molecule has 0 saturated carbocycles. The molecule has 0 N–H and O–H groups in total. The second-order valence-corrected chi connectivity index (χ2v) is 9.37. The van der Waals surface area contributed by atoms with Crippen LogP contribution in [0.25, 0.3) is 0 Å². The van der Waals surface area contributed by atoms with Crippen molar-refractivity contribution in [3.8, 4) is 0 Å². The van der Waals surface area contributed by atoms with Crippen LogP contribution in [0.15, 0.2) is 42.5 Å². The molecule has 0 aromatic heterocycles. The third-order valence-electron chi connectivity index (χ3n) is 7.19. The number of benzene rings is 2. The van der Waals surface area contributed by atoms with Crippen LogP contribution in [0, 0.1) is 24.6 Å². The van der Waals surface area contributed by atoms with Gasteiger partial charge in [0.15, 0.2) is 0 Å². The number of aryl methyl sites for hydroxylation is 1. The van der Waals surface area contributed by atoms with Crippen molar-refractivity contribution in [2.75, 3.05) is 31.1 Å². The van der Waals surface area contributed by atoms with Crippen LogP contribution in [0.5, 0.6) is 0 Å². The molecule has 2 aromatic rings. The van der Waals surface area contributed by atoms with E-state index < -0.39 is 5.92 Å². The molecule has 2 fully saturated rings. The van der Waals surface area contributed by atoms with Crippen LogP contribution in [0.1, 0.15) is 45.5 Å². The van der Waals surface area contributed by atoms with Gasteiger partial charge in [0.25, 0.3) is 11.8 Å². The van der Waals surface area contributed by atoms with Crippen LogP contribution in [-0.4, -0.2) is 59.6 Å². The fourth-order valence-electron chi connectivity index (χ4n) is 5.13. The number of nitrogens with zero attached hydrogens (tertiary/aromatic N) is 3. The number of carbonyl (C=O) groups is 4. The topological polar surface area (TPSA) is 78.0 Å². The normalized spacial score (nSPS) is 20.9. The van der Waals surface area contributed by atoms with Crippen molar-refractivity contribution in [1.29, 1.82) is 0 Å². The number of hydrogen-bond acceptors (Lipinski definition) is 4. The highest BCUT2D eigenvalue weighted by molar-refractivity contribution is 6.21. The highest BCUT2D eigenvalue weighted by atomic mass is 19.1. The molecule has 8 heteroatoms. The zero-order valence-corrected chi connectivity index (χ0v) is 19.0. The first-order valence-electron chi connectivity index (χ1n) is 11.6. The summed E-state index contributed by atoms with van der Waals surface area (Å²) in [7, 11) is 0. The maximum absolute atomic E-state index is 14.0. The molecule has 4 amide bonds. The van der Waals surface area contributed by atoms with E-state index in [4.69, 9.17) is 0 Å². The minimum Gasteiger partial charge on any atom is -0.342 e. The Kier molecular flexibility index (Phi) is 5.67. The lowest BCUT2D eigenvalue weighted by Crippen LogP contribution is -2.45. The molecule has 7 nitrogen and oxygen atoms in total. The minimum absolute atomic E-state index is 0.0670. The number of halogens is 1. The van der Waals surface area contributed by atoms with Crippen LogP contribution >= 0.6 is 0 Å². The number of fused-ring (bicyclic) bond motifs is 1. The van der Waals surface area contributed by atoms with Gasteiger partial charge >= 0.3 is 0 Å². The van der Waals surface area contributed by atoms with Crippen molar-refractivity contribution in [3.05, 3.63) is 65.0 Å². The second-order valence-electron chi connectivity index (χ2n) is 9.37. The Morgan fingerprint density at radius 1 is 1.00 bits per heavy atom. The fraction of sp³-hybridized carbons (Fsp3) is 0.385. The van der Waals surface area contributed by atoms with E-state index in [1.165, 1.54) is 15.9 Å². The average molecular weight is 464 g/mol. The van der Waals surface area contributed by atoms with Gasteiger partial charge in [-0.05, 0) is 55.5 Å². The smallest absolute Gasteiger partial charge is 0.261 e. The number of piperidine rings is 1. The first-order chi connectivity index (χ1) is 16.3. The van der Waals surface area contributed by atoms with Gasteiger partial charge in [-0.1, -0.05) is 18.2 Å². The predicted octanol–water partition coefficient (Wildman–Crippen LogP) is 3.02. The lowest BCUT2D eigenvalue weighted by molar-refractivity contribution is -0.137. The number of amides is 4. The molecule has 34 heavy (non-hydrogen) atoms. The van der Waals surface area contributed by atoms with E-state index in [-0.39, 0.29) is 48.3 Å². The number of anilines is 1. The number of likely N-dealkylation sites (tertiary alicyclic amines) is 1. The molecule has 2 saturated heterocycles. The Labute approximate surface area is 197 Å². The van der Waals surface area contributed by atoms with Gasteiger partial charge in [0.1, 0.15) is 5.82 Å². The molecule has 0 bridgehead atoms. The molecule has 176 valence electrons. The molecule has 0 aliphatic carbocycles. The van der Waals surface area contributed by atoms with Gasteiger partial charge in [0, 0.05) is 38.3 Å². The minimum atomic E-state index is -0.454. The summed E-state index contributed by atoms with van der Waals surface area (Å²) in [5.74, 6) is -1.45. The summed E-state index contributed by atoms with van der Waals surface area (Å²) in [5.41, 5.74) is 1.88. The number of rotatable bonds is 4. The van der Waals surface area contributed by atoms with E-state index in [1.54, 1.807) is 48.2 Å². The van der Waals surface area contributed by atoms with Crippen LogP contribution < -0.4 is 4.90 Å². The summed E-state index contributed by atoms with van der Waals surface area (Å²) in [6, 6.07) is 11.5. The maximum atomic E-state index is 14.0. The second kappa shape index (κ2) is 8.66. The van der Waals surface area contributed by atoms with Crippen molar-refractivity contribution in [2.45, 2.75) is 26.2 Å². The van der Waals surface area contributed by atoms with Crippen molar-refractivity contribution in [2.24, 2.45) is 11.8 Å². The van der Waals surface area contributed by atoms with Gasteiger partial charge in [-0.2, -0.15) is 0 Å². The third kappa shape index (κ3) is 3.87. The molecular weight excluding hydrogens is 437 g/mol. The van der Waals surface area contributed by atoms with Gasteiger partial charge < -0.3 is 9.80 Å². The van der Waals surface area contributed by atoms with E-state index in [9.17, 15) is 23.6 Å². The Bertz CT molecular complexity index is 1150. The first kappa shape index (κ1) is 22.3. The summed E-state index contributed by atoms with van der Waals surface area (Å²) in [4.78, 5) is 55.5. The summed E-state index contributed by atoms with van der Waals surface area (Å²) in [6.07, 6.45) is 1.49. The van der Waals surface area contributed by atoms with Crippen LogP contribution in [0.4, 0.5) is 10.1 Å². The monoisotopic (exact) mass is 463 g/mol. The van der Waals surface area contributed by atoms with E-state index in [0.717, 1.165) is 0 Å². The number of carbonyl (C=O) groups excluding carboxylic acids is 4. The van der Waals surface area contributed by atoms with Crippen LogP contribution in [0.3, 0.4) is 0 Å².